The summed E-state index contributed by atoms with van der Waals surface area (Å²) in [5.74, 6) is 0.343. The molecule has 1 saturated heterocycles. The zero-order valence-electron chi connectivity index (χ0n) is 10.2. The molecule has 4 heteroatoms. The van der Waals surface area contributed by atoms with Crippen molar-refractivity contribution in [1.82, 2.24) is 4.90 Å². The molecule has 2 atom stereocenters. The number of hydrogen-bond donors (Lipinski definition) is 1. The third kappa shape index (κ3) is 3.94. The van der Waals surface area contributed by atoms with Gasteiger partial charge in [0.05, 0.1) is 6.61 Å². The van der Waals surface area contributed by atoms with E-state index in [1.54, 1.807) is 6.92 Å². The molecule has 0 amide bonds. The Hall–Kier alpha value is -0.870. The Morgan fingerprint density at radius 3 is 2.94 bits per heavy atom. The van der Waals surface area contributed by atoms with Gasteiger partial charge in [-0.05, 0) is 32.7 Å². The Morgan fingerprint density at radius 1 is 1.62 bits per heavy atom. The highest BCUT2D eigenvalue weighted by atomic mass is 16.5. The minimum absolute atomic E-state index is 0.260. The van der Waals surface area contributed by atoms with Gasteiger partial charge in [0.25, 0.3) is 0 Å². The van der Waals surface area contributed by atoms with E-state index in [9.17, 15) is 4.79 Å². The van der Waals surface area contributed by atoms with E-state index >= 15 is 0 Å². The second kappa shape index (κ2) is 6.66. The van der Waals surface area contributed by atoms with E-state index in [2.05, 4.69) is 11.8 Å². The molecule has 0 saturated carbocycles. The number of ether oxygens (including phenoxy) is 1. The highest BCUT2D eigenvalue weighted by Crippen LogP contribution is 2.21. The number of esters is 1. The monoisotopic (exact) mass is 226 g/mol. The van der Waals surface area contributed by atoms with Gasteiger partial charge >= 0.3 is 5.97 Å². The van der Waals surface area contributed by atoms with Crippen LogP contribution >= 0.6 is 0 Å². The van der Waals surface area contributed by atoms with Crippen LogP contribution in [0, 0.1) is 5.92 Å². The highest BCUT2D eigenvalue weighted by Gasteiger charge is 2.26. The van der Waals surface area contributed by atoms with Gasteiger partial charge in [0, 0.05) is 25.2 Å². The standard InChI is InChI=1S/C12H22N2O2/c1-3-16-12(15)5-4-6-14-9-11(8-13)7-10(14)2/h4-5,10-11H,3,6-9,13H2,1-2H3/b5-4+. The van der Waals surface area contributed by atoms with E-state index < -0.39 is 0 Å². The van der Waals surface area contributed by atoms with Crippen LogP contribution in [0.5, 0.6) is 0 Å². The lowest BCUT2D eigenvalue weighted by molar-refractivity contribution is -0.137. The van der Waals surface area contributed by atoms with Crippen LogP contribution in [0.1, 0.15) is 20.3 Å². The van der Waals surface area contributed by atoms with E-state index in [1.807, 2.05) is 6.08 Å². The molecule has 0 aromatic rings. The average molecular weight is 226 g/mol. The van der Waals surface area contributed by atoms with Gasteiger partial charge < -0.3 is 10.5 Å². The largest absolute Gasteiger partial charge is 0.463 e. The third-order valence-corrected chi connectivity index (χ3v) is 3.00. The first-order valence-corrected chi connectivity index (χ1v) is 5.94. The van der Waals surface area contributed by atoms with E-state index in [4.69, 9.17) is 10.5 Å². The van der Waals surface area contributed by atoms with Crippen molar-refractivity contribution in [2.24, 2.45) is 11.7 Å². The molecule has 0 spiro atoms. The van der Waals surface area contributed by atoms with E-state index in [-0.39, 0.29) is 5.97 Å². The number of rotatable bonds is 5. The number of likely N-dealkylation sites (tertiary alicyclic amines) is 1. The first-order valence-electron chi connectivity index (χ1n) is 5.94. The molecule has 1 rings (SSSR count). The fraction of sp³-hybridized carbons (Fsp3) is 0.750. The maximum atomic E-state index is 11.1. The summed E-state index contributed by atoms with van der Waals surface area (Å²) in [6, 6.07) is 0.556. The summed E-state index contributed by atoms with van der Waals surface area (Å²) in [6.07, 6.45) is 4.53. The van der Waals surface area contributed by atoms with E-state index in [0.29, 0.717) is 18.6 Å². The van der Waals surface area contributed by atoms with Crippen LogP contribution in [0.15, 0.2) is 12.2 Å². The molecule has 0 aromatic heterocycles. The topological polar surface area (TPSA) is 55.6 Å². The Morgan fingerprint density at radius 2 is 2.38 bits per heavy atom. The minimum Gasteiger partial charge on any atom is -0.463 e. The molecular weight excluding hydrogens is 204 g/mol. The fourth-order valence-electron chi connectivity index (χ4n) is 2.12. The molecule has 1 aliphatic heterocycles. The Balaban J connectivity index is 2.30. The summed E-state index contributed by atoms with van der Waals surface area (Å²) in [4.78, 5) is 13.4. The van der Waals surface area contributed by atoms with Gasteiger partial charge in [0.1, 0.15) is 0 Å². The normalized spacial score (nSPS) is 26.4. The summed E-state index contributed by atoms with van der Waals surface area (Å²) in [6.45, 7) is 7.02. The van der Waals surface area contributed by atoms with E-state index in [1.165, 1.54) is 6.08 Å². The summed E-state index contributed by atoms with van der Waals surface area (Å²) < 4.78 is 4.81. The van der Waals surface area contributed by atoms with Crippen LogP contribution < -0.4 is 5.73 Å². The molecular formula is C12H22N2O2. The molecule has 0 aromatic carbocycles. The summed E-state index contributed by atoms with van der Waals surface area (Å²) in [5.41, 5.74) is 5.66. The van der Waals surface area contributed by atoms with Crippen LogP contribution in [-0.4, -0.2) is 43.2 Å². The second-order valence-corrected chi connectivity index (χ2v) is 4.29. The van der Waals surface area contributed by atoms with Gasteiger partial charge in [-0.2, -0.15) is 0 Å². The maximum absolute atomic E-state index is 11.1. The van der Waals surface area contributed by atoms with Crippen LogP contribution in [0.4, 0.5) is 0 Å². The number of carbonyl (C=O) groups is 1. The van der Waals surface area contributed by atoms with Crippen molar-refractivity contribution in [2.75, 3.05) is 26.2 Å². The predicted octanol–water partition coefficient (Wildman–Crippen LogP) is 0.775. The van der Waals surface area contributed by atoms with Crippen LogP contribution in [-0.2, 0) is 9.53 Å². The highest BCUT2D eigenvalue weighted by molar-refractivity contribution is 5.81. The molecule has 2 N–H and O–H groups in total. The van der Waals surface area contributed by atoms with Crippen molar-refractivity contribution >= 4 is 5.97 Å². The quantitative estimate of drug-likeness (QED) is 0.556. The molecule has 2 unspecified atom stereocenters. The van der Waals surface area contributed by atoms with Crippen LogP contribution in [0.2, 0.25) is 0 Å². The number of carbonyl (C=O) groups excluding carboxylic acids is 1. The van der Waals surface area contributed by atoms with Gasteiger partial charge in [-0.1, -0.05) is 6.08 Å². The predicted molar refractivity (Wildman–Crippen MR) is 64.0 cm³/mol. The van der Waals surface area contributed by atoms with Gasteiger partial charge in [-0.3, -0.25) is 4.90 Å². The Kier molecular flexibility index (Phi) is 5.49. The lowest BCUT2D eigenvalue weighted by Gasteiger charge is -2.18. The molecule has 92 valence electrons. The molecule has 0 aliphatic carbocycles. The lowest BCUT2D eigenvalue weighted by Crippen LogP contribution is -2.28. The molecule has 0 bridgehead atoms. The van der Waals surface area contributed by atoms with Gasteiger partial charge in [-0.25, -0.2) is 4.79 Å². The Bertz CT molecular complexity index is 253. The number of nitrogens with zero attached hydrogens (tertiary/aromatic N) is 1. The van der Waals surface area contributed by atoms with Gasteiger partial charge in [0.2, 0.25) is 0 Å². The lowest BCUT2D eigenvalue weighted by atomic mass is 10.1. The van der Waals surface area contributed by atoms with Crippen molar-refractivity contribution < 1.29 is 9.53 Å². The van der Waals surface area contributed by atoms with Gasteiger partial charge in [-0.15, -0.1) is 0 Å². The smallest absolute Gasteiger partial charge is 0.330 e. The zero-order chi connectivity index (χ0) is 12.0. The number of hydrogen-bond acceptors (Lipinski definition) is 4. The fourth-order valence-corrected chi connectivity index (χ4v) is 2.12. The van der Waals surface area contributed by atoms with Crippen molar-refractivity contribution in [3.05, 3.63) is 12.2 Å². The second-order valence-electron chi connectivity index (χ2n) is 4.29. The molecule has 16 heavy (non-hydrogen) atoms. The van der Waals surface area contributed by atoms with Crippen LogP contribution in [0.25, 0.3) is 0 Å². The van der Waals surface area contributed by atoms with Crippen molar-refractivity contribution in [1.29, 1.82) is 0 Å². The van der Waals surface area contributed by atoms with Crippen molar-refractivity contribution in [3.63, 3.8) is 0 Å². The summed E-state index contributed by atoms with van der Waals surface area (Å²) in [5, 5.41) is 0. The molecule has 4 nitrogen and oxygen atoms in total. The van der Waals surface area contributed by atoms with E-state index in [0.717, 1.165) is 26.1 Å². The van der Waals surface area contributed by atoms with Gasteiger partial charge in [0.15, 0.2) is 0 Å². The van der Waals surface area contributed by atoms with Crippen LogP contribution in [0.3, 0.4) is 0 Å². The number of nitrogens with two attached hydrogens (primary N) is 1. The SMILES string of the molecule is CCOC(=O)/C=C/CN1CC(CN)CC1C. The van der Waals surface area contributed by atoms with Crippen molar-refractivity contribution in [3.8, 4) is 0 Å². The van der Waals surface area contributed by atoms with Crippen molar-refractivity contribution in [2.45, 2.75) is 26.3 Å². The first kappa shape index (κ1) is 13.2. The molecule has 1 fully saturated rings. The average Bonchev–Trinajstić information content (AvgIpc) is 2.60. The third-order valence-electron chi connectivity index (χ3n) is 3.00. The first-order chi connectivity index (χ1) is 7.67. The molecule has 1 heterocycles. The summed E-state index contributed by atoms with van der Waals surface area (Å²) in [7, 11) is 0. The Labute approximate surface area is 97.4 Å². The zero-order valence-corrected chi connectivity index (χ0v) is 10.2. The maximum Gasteiger partial charge on any atom is 0.330 e. The molecule has 1 aliphatic rings. The minimum atomic E-state index is -0.260. The molecule has 0 radical (unpaired) electrons. The summed E-state index contributed by atoms with van der Waals surface area (Å²) >= 11 is 0.